The third-order valence-corrected chi connectivity index (χ3v) is 4.26. The lowest BCUT2D eigenvalue weighted by Gasteiger charge is -2.16. The van der Waals surface area contributed by atoms with Crippen LogP contribution in [0.2, 0.25) is 5.02 Å². The molecule has 2 amide bonds. The summed E-state index contributed by atoms with van der Waals surface area (Å²) >= 11 is 6.00. The number of halogens is 2. The fourth-order valence-corrected chi connectivity index (χ4v) is 2.77. The van der Waals surface area contributed by atoms with Gasteiger partial charge in [0.15, 0.2) is 0 Å². The van der Waals surface area contributed by atoms with Crippen molar-refractivity contribution in [1.82, 2.24) is 5.43 Å². The Kier molecular flexibility index (Phi) is 5.09. The molecule has 1 atom stereocenters. The van der Waals surface area contributed by atoms with Crippen molar-refractivity contribution in [1.29, 1.82) is 0 Å². The molecule has 0 aliphatic carbocycles. The minimum absolute atomic E-state index is 0.0881. The summed E-state index contributed by atoms with van der Waals surface area (Å²) in [4.78, 5) is 25.8. The molecule has 0 unspecified atom stereocenters. The van der Waals surface area contributed by atoms with Gasteiger partial charge >= 0.3 is 0 Å². The first kappa shape index (κ1) is 17.1. The van der Waals surface area contributed by atoms with Gasteiger partial charge in [-0.2, -0.15) is 5.10 Å². The number of hydrogen-bond donors (Lipinski definition) is 1. The lowest BCUT2D eigenvalue weighted by atomic mass is 10.1. The summed E-state index contributed by atoms with van der Waals surface area (Å²) in [6, 6.07) is 12.7. The molecule has 0 bridgehead atoms. The maximum absolute atomic E-state index is 13.0. The zero-order valence-electron chi connectivity index (χ0n) is 13.2. The largest absolute Gasteiger partial charge is 0.312 e. The van der Waals surface area contributed by atoms with Crippen molar-refractivity contribution in [3.8, 4) is 0 Å². The van der Waals surface area contributed by atoms with Crippen molar-refractivity contribution < 1.29 is 14.0 Å². The van der Waals surface area contributed by atoms with Gasteiger partial charge in [0.1, 0.15) is 5.82 Å². The number of carbonyl (C=O) groups excluding carboxylic acids is 2. The monoisotopic (exact) mass is 359 g/mol. The summed E-state index contributed by atoms with van der Waals surface area (Å²) in [5, 5.41) is 4.42. The highest BCUT2D eigenvalue weighted by Gasteiger charge is 2.35. The van der Waals surface area contributed by atoms with E-state index in [0.717, 1.165) is 0 Å². The van der Waals surface area contributed by atoms with Gasteiger partial charge in [0, 0.05) is 29.2 Å². The number of carbonyl (C=O) groups is 2. The molecular weight excluding hydrogens is 345 g/mol. The number of nitrogens with one attached hydrogen (secondary N) is 1. The van der Waals surface area contributed by atoms with Crippen molar-refractivity contribution in [3.05, 3.63) is 64.9 Å². The summed E-state index contributed by atoms with van der Waals surface area (Å²) < 4.78 is 13.0. The maximum Gasteiger partial charge on any atom is 0.245 e. The highest BCUT2D eigenvalue weighted by atomic mass is 35.5. The molecule has 0 spiro atoms. The van der Waals surface area contributed by atoms with Gasteiger partial charge in [0.25, 0.3) is 0 Å². The molecular formula is C18H15ClFN3O2. The standard InChI is InChI=1S/C18H15ClFN3O2/c19-16-4-2-1-3-12(16)10-21-22-18(25)13-9-17(24)23(11-13)15-7-5-14(20)6-8-15/h1-8,10,13H,9,11H2,(H,22,25)/b21-10-/t13-/m0/s1. The predicted molar refractivity (Wildman–Crippen MR) is 94.0 cm³/mol. The number of benzene rings is 2. The van der Waals surface area contributed by atoms with Crippen molar-refractivity contribution in [3.63, 3.8) is 0 Å². The van der Waals surface area contributed by atoms with Gasteiger partial charge < -0.3 is 4.90 Å². The van der Waals surface area contributed by atoms with Crippen LogP contribution in [0.4, 0.5) is 10.1 Å². The minimum Gasteiger partial charge on any atom is -0.312 e. The highest BCUT2D eigenvalue weighted by Crippen LogP contribution is 2.25. The smallest absolute Gasteiger partial charge is 0.245 e. The first-order chi connectivity index (χ1) is 12.0. The first-order valence-electron chi connectivity index (χ1n) is 7.68. The Morgan fingerprint density at radius 3 is 2.68 bits per heavy atom. The number of hydrazone groups is 1. The van der Waals surface area contributed by atoms with Crippen LogP contribution in [0, 0.1) is 11.7 Å². The normalized spacial score (nSPS) is 17.3. The fourth-order valence-electron chi connectivity index (χ4n) is 2.59. The molecule has 128 valence electrons. The van der Waals surface area contributed by atoms with Gasteiger partial charge in [-0.1, -0.05) is 29.8 Å². The first-order valence-corrected chi connectivity index (χ1v) is 8.06. The average Bonchev–Trinajstić information content (AvgIpc) is 2.99. The van der Waals surface area contributed by atoms with Gasteiger partial charge in [-0.3, -0.25) is 9.59 Å². The Morgan fingerprint density at radius 2 is 1.96 bits per heavy atom. The van der Waals surface area contributed by atoms with Crippen LogP contribution < -0.4 is 10.3 Å². The lowest BCUT2D eigenvalue weighted by molar-refractivity contribution is -0.126. The third-order valence-electron chi connectivity index (χ3n) is 3.92. The van der Waals surface area contributed by atoms with Gasteiger partial charge in [0.05, 0.1) is 12.1 Å². The van der Waals surface area contributed by atoms with Gasteiger partial charge in [-0.05, 0) is 30.3 Å². The molecule has 7 heteroatoms. The summed E-state index contributed by atoms with van der Waals surface area (Å²) in [6.07, 6.45) is 1.54. The van der Waals surface area contributed by atoms with Crippen LogP contribution in [0.25, 0.3) is 0 Å². The molecule has 1 fully saturated rings. The molecule has 0 aromatic heterocycles. The minimum atomic E-state index is -0.513. The second-order valence-electron chi connectivity index (χ2n) is 5.64. The van der Waals surface area contributed by atoms with E-state index >= 15 is 0 Å². The molecule has 1 saturated heterocycles. The molecule has 25 heavy (non-hydrogen) atoms. The van der Waals surface area contributed by atoms with Crippen LogP contribution in [0.1, 0.15) is 12.0 Å². The molecule has 2 aromatic carbocycles. The van der Waals surface area contributed by atoms with Crippen molar-refractivity contribution in [2.24, 2.45) is 11.0 Å². The molecule has 5 nitrogen and oxygen atoms in total. The number of hydrogen-bond acceptors (Lipinski definition) is 3. The fraction of sp³-hybridized carbons (Fsp3) is 0.167. The number of nitrogens with zero attached hydrogens (tertiary/aromatic N) is 2. The molecule has 1 aliphatic heterocycles. The van der Waals surface area contributed by atoms with E-state index in [4.69, 9.17) is 11.6 Å². The summed E-state index contributed by atoms with van der Waals surface area (Å²) in [5.74, 6) is -1.41. The van der Waals surface area contributed by atoms with Crippen LogP contribution in [0.15, 0.2) is 53.6 Å². The molecule has 2 aromatic rings. The summed E-state index contributed by atoms with van der Waals surface area (Å²) in [7, 11) is 0. The quantitative estimate of drug-likeness (QED) is 0.674. The molecule has 1 N–H and O–H groups in total. The van der Waals surface area contributed by atoms with E-state index in [1.54, 1.807) is 18.2 Å². The second kappa shape index (κ2) is 7.44. The Hall–Kier alpha value is -2.73. The van der Waals surface area contributed by atoms with Crippen LogP contribution in [0.3, 0.4) is 0 Å². The third kappa shape index (κ3) is 4.03. The number of rotatable bonds is 4. The van der Waals surface area contributed by atoms with E-state index in [0.29, 0.717) is 16.3 Å². The van der Waals surface area contributed by atoms with Gasteiger partial charge in [0.2, 0.25) is 11.8 Å². The van der Waals surface area contributed by atoms with Crippen LogP contribution >= 0.6 is 11.6 Å². The van der Waals surface area contributed by atoms with E-state index < -0.39 is 5.92 Å². The topological polar surface area (TPSA) is 61.8 Å². The van der Waals surface area contributed by atoms with Crippen molar-refractivity contribution in [2.45, 2.75) is 6.42 Å². The maximum atomic E-state index is 13.0. The molecule has 0 radical (unpaired) electrons. The SMILES string of the molecule is O=C(N/N=C\c1ccccc1Cl)[C@H]1CC(=O)N(c2ccc(F)cc2)C1. The number of anilines is 1. The van der Waals surface area contributed by atoms with E-state index in [-0.39, 0.29) is 30.6 Å². The molecule has 0 saturated carbocycles. The zero-order chi connectivity index (χ0) is 17.8. The number of amides is 2. The Morgan fingerprint density at radius 1 is 1.24 bits per heavy atom. The Labute approximate surface area is 149 Å². The van der Waals surface area contributed by atoms with E-state index in [1.807, 2.05) is 6.07 Å². The van der Waals surface area contributed by atoms with Crippen LogP contribution in [0.5, 0.6) is 0 Å². The van der Waals surface area contributed by atoms with E-state index in [2.05, 4.69) is 10.5 Å². The predicted octanol–water partition coefficient (Wildman–Crippen LogP) is 2.98. The Balaban J connectivity index is 1.61. The second-order valence-corrected chi connectivity index (χ2v) is 6.04. The average molecular weight is 360 g/mol. The zero-order valence-corrected chi connectivity index (χ0v) is 13.9. The lowest BCUT2D eigenvalue weighted by Crippen LogP contribution is -2.30. The van der Waals surface area contributed by atoms with Crippen LogP contribution in [-0.4, -0.2) is 24.6 Å². The van der Waals surface area contributed by atoms with E-state index in [9.17, 15) is 14.0 Å². The molecule has 1 aliphatic rings. The highest BCUT2D eigenvalue weighted by molar-refractivity contribution is 6.33. The van der Waals surface area contributed by atoms with Gasteiger partial charge in [-0.25, -0.2) is 9.82 Å². The summed E-state index contributed by atoms with van der Waals surface area (Å²) in [5.41, 5.74) is 3.69. The summed E-state index contributed by atoms with van der Waals surface area (Å²) in [6.45, 7) is 0.234. The van der Waals surface area contributed by atoms with E-state index in [1.165, 1.54) is 35.4 Å². The van der Waals surface area contributed by atoms with Crippen molar-refractivity contribution in [2.75, 3.05) is 11.4 Å². The Bertz CT molecular complexity index is 823. The van der Waals surface area contributed by atoms with Crippen molar-refractivity contribution >= 4 is 35.3 Å². The van der Waals surface area contributed by atoms with Gasteiger partial charge in [-0.15, -0.1) is 0 Å². The molecule has 3 rings (SSSR count). The molecule has 1 heterocycles. The van der Waals surface area contributed by atoms with Crippen LogP contribution in [-0.2, 0) is 9.59 Å².